The molecule has 2 rings (SSSR count). The van der Waals surface area contributed by atoms with Gasteiger partial charge in [-0.15, -0.1) is 0 Å². The third-order valence-electron chi connectivity index (χ3n) is 3.23. The van der Waals surface area contributed by atoms with Gasteiger partial charge in [0.25, 0.3) is 5.91 Å². The number of nitrogens with one attached hydrogen (secondary N) is 2. The first kappa shape index (κ1) is 15.3. The van der Waals surface area contributed by atoms with E-state index in [0.29, 0.717) is 11.8 Å². The molecule has 1 aromatic heterocycles. The van der Waals surface area contributed by atoms with E-state index in [-0.39, 0.29) is 11.6 Å². The van der Waals surface area contributed by atoms with Crippen molar-refractivity contribution in [1.29, 1.82) is 0 Å². The molecular formula is C16H21N3O2. The minimum Gasteiger partial charge on any atom is -0.361 e. The fourth-order valence-corrected chi connectivity index (χ4v) is 2.00. The molecule has 0 saturated heterocycles. The van der Waals surface area contributed by atoms with E-state index in [0.717, 1.165) is 18.7 Å². The summed E-state index contributed by atoms with van der Waals surface area (Å²) in [6, 6.07) is 9.72. The Morgan fingerprint density at radius 2 is 2.05 bits per heavy atom. The molecular weight excluding hydrogens is 266 g/mol. The average Bonchev–Trinajstić information content (AvgIpc) is 2.92. The summed E-state index contributed by atoms with van der Waals surface area (Å²) >= 11 is 0. The molecule has 0 fully saturated rings. The van der Waals surface area contributed by atoms with Crippen LogP contribution in [-0.4, -0.2) is 17.6 Å². The SMILES string of the molecule is CCCNC(C)c1ccc(NC(=O)c2cc(C)on2)cc1. The van der Waals surface area contributed by atoms with Gasteiger partial charge >= 0.3 is 0 Å². The summed E-state index contributed by atoms with van der Waals surface area (Å²) in [7, 11) is 0. The molecule has 0 aliphatic rings. The molecule has 112 valence electrons. The van der Waals surface area contributed by atoms with Gasteiger partial charge < -0.3 is 15.2 Å². The number of nitrogens with zero attached hydrogens (tertiary/aromatic N) is 1. The molecule has 5 nitrogen and oxygen atoms in total. The number of carbonyl (C=O) groups excluding carboxylic acids is 1. The zero-order valence-electron chi connectivity index (χ0n) is 12.6. The molecule has 0 aliphatic heterocycles. The second-order valence-corrected chi connectivity index (χ2v) is 5.07. The highest BCUT2D eigenvalue weighted by atomic mass is 16.5. The number of benzene rings is 1. The smallest absolute Gasteiger partial charge is 0.277 e. The minimum atomic E-state index is -0.267. The van der Waals surface area contributed by atoms with Crippen LogP contribution in [0.3, 0.4) is 0 Å². The summed E-state index contributed by atoms with van der Waals surface area (Å²) in [5, 5.41) is 9.92. The monoisotopic (exact) mass is 287 g/mol. The van der Waals surface area contributed by atoms with Crippen molar-refractivity contribution >= 4 is 11.6 Å². The van der Waals surface area contributed by atoms with Crippen LogP contribution in [0.1, 0.15) is 48.1 Å². The number of amides is 1. The second kappa shape index (κ2) is 7.04. The standard InChI is InChI=1S/C16H21N3O2/c1-4-9-17-12(3)13-5-7-14(8-6-13)18-16(20)15-10-11(2)21-19-15/h5-8,10,12,17H,4,9H2,1-3H3,(H,18,20). The van der Waals surface area contributed by atoms with Gasteiger partial charge in [0.1, 0.15) is 5.76 Å². The summed E-state index contributed by atoms with van der Waals surface area (Å²) in [4.78, 5) is 11.9. The highest BCUT2D eigenvalue weighted by molar-refractivity contribution is 6.02. The van der Waals surface area contributed by atoms with Crippen LogP contribution < -0.4 is 10.6 Å². The normalized spacial score (nSPS) is 12.1. The molecule has 1 unspecified atom stereocenters. The van der Waals surface area contributed by atoms with Crippen LogP contribution >= 0.6 is 0 Å². The molecule has 0 aliphatic carbocycles. The third-order valence-corrected chi connectivity index (χ3v) is 3.23. The Morgan fingerprint density at radius 1 is 1.33 bits per heavy atom. The zero-order valence-corrected chi connectivity index (χ0v) is 12.6. The number of carbonyl (C=O) groups is 1. The molecule has 1 atom stereocenters. The molecule has 1 amide bonds. The topological polar surface area (TPSA) is 67.2 Å². The Bertz CT molecular complexity index is 590. The highest BCUT2D eigenvalue weighted by Gasteiger charge is 2.11. The lowest BCUT2D eigenvalue weighted by atomic mass is 10.1. The van der Waals surface area contributed by atoms with E-state index in [9.17, 15) is 4.79 Å². The first-order valence-corrected chi connectivity index (χ1v) is 7.18. The Balaban J connectivity index is 1.97. The van der Waals surface area contributed by atoms with Crippen LogP contribution in [-0.2, 0) is 0 Å². The van der Waals surface area contributed by atoms with Crippen molar-refractivity contribution in [1.82, 2.24) is 10.5 Å². The summed E-state index contributed by atoms with van der Waals surface area (Å²) in [6.07, 6.45) is 1.11. The van der Waals surface area contributed by atoms with Crippen LogP contribution in [0, 0.1) is 6.92 Å². The Kier molecular flexibility index (Phi) is 5.11. The van der Waals surface area contributed by atoms with Crippen LogP contribution in [0.4, 0.5) is 5.69 Å². The van der Waals surface area contributed by atoms with Gasteiger partial charge in [0.2, 0.25) is 0 Å². The molecule has 0 saturated carbocycles. The molecule has 1 heterocycles. The molecule has 2 N–H and O–H groups in total. The lowest BCUT2D eigenvalue weighted by molar-refractivity contribution is 0.101. The molecule has 21 heavy (non-hydrogen) atoms. The van der Waals surface area contributed by atoms with Gasteiger partial charge in [-0.1, -0.05) is 24.2 Å². The van der Waals surface area contributed by atoms with Gasteiger partial charge in [0.15, 0.2) is 5.69 Å². The molecule has 5 heteroatoms. The fourth-order valence-electron chi connectivity index (χ4n) is 2.00. The Labute approximate surface area is 124 Å². The Hall–Kier alpha value is -2.14. The largest absolute Gasteiger partial charge is 0.361 e. The van der Waals surface area contributed by atoms with Gasteiger partial charge in [-0.05, 0) is 44.5 Å². The summed E-state index contributed by atoms with van der Waals surface area (Å²) in [6.45, 7) is 7.01. The number of aryl methyl sites for hydroxylation is 1. The van der Waals surface area contributed by atoms with Crippen molar-refractivity contribution in [3.63, 3.8) is 0 Å². The van der Waals surface area contributed by atoms with E-state index in [1.807, 2.05) is 24.3 Å². The quantitative estimate of drug-likeness (QED) is 0.855. The van der Waals surface area contributed by atoms with Gasteiger partial charge in [0, 0.05) is 17.8 Å². The molecule has 1 aromatic carbocycles. The van der Waals surface area contributed by atoms with Gasteiger partial charge in [-0.2, -0.15) is 0 Å². The molecule has 0 spiro atoms. The van der Waals surface area contributed by atoms with Crippen molar-refractivity contribution in [3.05, 3.63) is 47.3 Å². The lowest BCUT2D eigenvalue weighted by Crippen LogP contribution is -2.19. The molecule has 2 aromatic rings. The lowest BCUT2D eigenvalue weighted by Gasteiger charge is -2.14. The van der Waals surface area contributed by atoms with Crippen molar-refractivity contribution in [2.75, 3.05) is 11.9 Å². The van der Waals surface area contributed by atoms with Crippen LogP contribution in [0.2, 0.25) is 0 Å². The first-order chi connectivity index (χ1) is 10.1. The predicted octanol–water partition coefficient (Wildman–Crippen LogP) is 3.30. The number of hydrogen-bond donors (Lipinski definition) is 2. The van der Waals surface area contributed by atoms with Gasteiger partial charge in [0.05, 0.1) is 0 Å². The minimum absolute atomic E-state index is 0.267. The van der Waals surface area contributed by atoms with Crippen LogP contribution in [0.5, 0.6) is 0 Å². The van der Waals surface area contributed by atoms with E-state index in [2.05, 4.69) is 29.6 Å². The van der Waals surface area contributed by atoms with Gasteiger partial charge in [-0.25, -0.2) is 0 Å². The van der Waals surface area contributed by atoms with Crippen molar-refractivity contribution in [3.8, 4) is 0 Å². The van der Waals surface area contributed by atoms with E-state index < -0.39 is 0 Å². The van der Waals surface area contributed by atoms with E-state index in [4.69, 9.17) is 4.52 Å². The average molecular weight is 287 g/mol. The predicted molar refractivity (Wildman–Crippen MR) is 82.3 cm³/mol. The third kappa shape index (κ3) is 4.16. The summed E-state index contributed by atoms with van der Waals surface area (Å²) in [5.74, 6) is 0.350. The second-order valence-electron chi connectivity index (χ2n) is 5.07. The number of hydrogen-bond acceptors (Lipinski definition) is 4. The number of rotatable bonds is 6. The van der Waals surface area contributed by atoms with E-state index in [1.165, 1.54) is 5.56 Å². The maximum Gasteiger partial charge on any atom is 0.277 e. The molecule has 0 radical (unpaired) electrons. The Morgan fingerprint density at radius 3 is 2.62 bits per heavy atom. The van der Waals surface area contributed by atoms with Crippen molar-refractivity contribution in [2.24, 2.45) is 0 Å². The summed E-state index contributed by atoms with van der Waals surface area (Å²) in [5.41, 5.74) is 2.22. The first-order valence-electron chi connectivity index (χ1n) is 7.18. The van der Waals surface area contributed by atoms with Crippen molar-refractivity contribution in [2.45, 2.75) is 33.2 Å². The van der Waals surface area contributed by atoms with E-state index >= 15 is 0 Å². The zero-order chi connectivity index (χ0) is 15.2. The van der Waals surface area contributed by atoms with Crippen molar-refractivity contribution < 1.29 is 9.32 Å². The highest BCUT2D eigenvalue weighted by Crippen LogP contribution is 2.16. The van der Waals surface area contributed by atoms with Crippen LogP contribution in [0.25, 0.3) is 0 Å². The number of aromatic nitrogens is 1. The maximum absolute atomic E-state index is 11.9. The van der Waals surface area contributed by atoms with Crippen LogP contribution in [0.15, 0.2) is 34.9 Å². The van der Waals surface area contributed by atoms with E-state index in [1.54, 1.807) is 13.0 Å². The van der Waals surface area contributed by atoms with Gasteiger partial charge in [-0.3, -0.25) is 4.79 Å². The summed E-state index contributed by atoms with van der Waals surface area (Å²) < 4.78 is 4.89. The fraction of sp³-hybridized carbons (Fsp3) is 0.375. The maximum atomic E-state index is 11.9. The number of anilines is 1. The molecule has 0 bridgehead atoms.